The predicted molar refractivity (Wildman–Crippen MR) is 41.8 cm³/mol. The summed E-state index contributed by atoms with van der Waals surface area (Å²) in [4.78, 5) is 4.19. The third-order valence-corrected chi connectivity index (χ3v) is 1.76. The number of pyridine rings is 1. The van der Waals surface area contributed by atoms with Gasteiger partial charge in [0.25, 0.3) is 0 Å². The van der Waals surface area contributed by atoms with Crippen LogP contribution in [0, 0.1) is 6.07 Å². The van der Waals surface area contributed by atoms with Crippen LogP contribution in [0.1, 0.15) is 31.9 Å². The highest BCUT2D eigenvalue weighted by Crippen LogP contribution is 2.14. The number of hydrogen-bond donors (Lipinski definition) is 0. The smallest absolute Gasteiger partial charge is 0.0432 e. The minimum absolute atomic E-state index is 0.578. The Morgan fingerprint density at radius 1 is 1.70 bits per heavy atom. The first-order valence-electron chi connectivity index (χ1n) is 3.66. The lowest BCUT2D eigenvalue weighted by Gasteiger charge is -2.05. The molecule has 0 bridgehead atoms. The van der Waals surface area contributed by atoms with E-state index in [0.717, 1.165) is 6.42 Å². The topological polar surface area (TPSA) is 12.9 Å². The summed E-state index contributed by atoms with van der Waals surface area (Å²) in [5.74, 6) is 0.578. The van der Waals surface area contributed by atoms with E-state index < -0.39 is 0 Å². The van der Waals surface area contributed by atoms with Crippen LogP contribution in [0.4, 0.5) is 0 Å². The Kier molecular flexibility index (Phi) is 2.43. The van der Waals surface area contributed by atoms with Crippen LogP contribution in [0.25, 0.3) is 0 Å². The van der Waals surface area contributed by atoms with Crippen LogP contribution in [-0.4, -0.2) is 4.98 Å². The fourth-order valence-electron chi connectivity index (χ4n) is 0.832. The Morgan fingerprint density at radius 2 is 2.50 bits per heavy atom. The van der Waals surface area contributed by atoms with Crippen LogP contribution in [0.2, 0.25) is 0 Å². The molecule has 1 rings (SSSR count). The molecule has 0 amide bonds. The molecule has 0 N–H and O–H groups in total. The van der Waals surface area contributed by atoms with Crippen molar-refractivity contribution in [1.82, 2.24) is 4.98 Å². The fourth-order valence-corrected chi connectivity index (χ4v) is 0.832. The molecule has 0 saturated heterocycles. The van der Waals surface area contributed by atoms with Gasteiger partial charge >= 0.3 is 0 Å². The molecule has 1 heterocycles. The van der Waals surface area contributed by atoms with E-state index in [0.29, 0.717) is 5.92 Å². The fraction of sp³-hybridized carbons (Fsp3) is 0.444. The zero-order valence-electron chi connectivity index (χ0n) is 6.46. The van der Waals surface area contributed by atoms with E-state index >= 15 is 0 Å². The highest BCUT2D eigenvalue weighted by molar-refractivity contribution is 5.06. The predicted octanol–water partition coefficient (Wildman–Crippen LogP) is 2.40. The van der Waals surface area contributed by atoms with Gasteiger partial charge in [-0.05, 0) is 18.4 Å². The molecule has 0 spiro atoms. The molecule has 0 aliphatic carbocycles. The van der Waals surface area contributed by atoms with Crippen LogP contribution < -0.4 is 0 Å². The van der Waals surface area contributed by atoms with E-state index in [-0.39, 0.29) is 0 Å². The quantitative estimate of drug-likeness (QED) is 0.605. The molecule has 53 valence electrons. The highest BCUT2D eigenvalue weighted by atomic mass is 14.7. The van der Waals surface area contributed by atoms with Crippen molar-refractivity contribution in [2.45, 2.75) is 26.2 Å². The minimum atomic E-state index is 0.578. The van der Waals surface area contributed by atoms with Gasteiger partial charge in [0.15, 0.2) is 0 Å². The van der Waals surface area contributed by atoms with Crippen LogP contribution in [-0.2, 0) is 0 Å². The van der Waals surface area contributed by atoms with Gasteiger partial charge < -0.3 is 0 Å². The van der Waals surface area contributed by atoms with Gasteiger partial charge in [0, 0.05) is 18.0 Å². The summed E-state index contributed by atoms with van der Waals surface area (Å²) < 4.78 is 0. The third-order valence-electron chi connectivity index (χ3n) is 1.76. The summed E-state index contributed by atoms with van der Waals surface area (Å²) in [6.45, 7) is 4.35. The van der Waals surface area contributed by atoms with Gasteiger partial charge in [-0.3, -0.25) is 4.98 Å². The van der Waals surface area contributed by atoms with Crippen molar-refractivity contribution in [3.05, 3.63) is 30.1 Å². The van der Waals surface area contributed by atoms with E-state index in [4.69, 9.17) is 0 Å². The monoisotopic (exact) mass is 134 g/mol. The van der Waals surface area contributed by atoms with Crippen molar-refractivity contribution in [3.63, 3.8) is 0 Å². The van der Waals surface area contributed by atoms with Crippen LogP contribution in [0.15, 0.2) is 18.3 Å². The standard InChI is InChI=1S/C9H12N/c1-3-8(2)9-6-4-5-7-10-9/h4,6-8H,3H2,1-2H3. The maximum atomic E-state index is 4.19. The molecule has 0 fully saturated rings. The molecular weight excluding hydrogens is 122 g/mol. The Labute approximate surface area is 62.1 Å². The number of nitrogens with zero attached hydrogens (tertiary/aromatic N) is 1. The average molecular weight is 134 g/mol. The summed E-state index contributed by atoms with van der Waals surface area (Å²) in [6, 6.07) is 6.83. The second-order valence-corrected chi connectivity index (χ2v) is 2.49. The molecule has 1 nitrogen and oxygen atoms in total. The van der Waals surface area contributed by atoms with Crippen molar-refractivity contribution < 1.29 is 0 Å². The molecule has 1 aromatic rings. The second kappa shape index (κ2) is 3.35. The van der Waals surface area contributed by atoms with Gasteiger partial charge in [-0.1, -0.05) is 19.9 Å². The maximum Gasteiger partial charge on any atom is 0.0432 e. The number of rotatable bonds is 2. The zero-order valence-corrected chi connectivity index (χ0v) is 6.46. The van der Waals surface area contributed by atoms with E-state index in [9.17, 15) is 0 Å². The van der Waals surface area contributed by atoms with Crippen molar-refractivity contribution in [2.24, 2.45) is 0 Å². The first-order valence-corrected chi connectivity index (χ1v) is 3.66. The normalized spacial score (nSPS) is 13.0. The van der Waals surface area contributed by atoms with Gasteiger partial charge in [-0.15, -0.1) is 0 Å². The lowest BCUT2D eigenvalue weighted by Crippen LogP contribution is -1.93. The number of hydrogen-bond acceptors (Lipinski definition) is 1. The molecule has 0 saturated carbocycles. The molecule has 1 unspecified atom stereocenters. The zero-order chi connectivity index (χ0) is 7.40. The largest absolute Gasteiger partial charge is 0.260 e. The lowest BCUT2D eigenvalue weighted by atomic mass is 10.1. The van der Waals surface area contributed by atoms with E-state index in [1.807, 2.05) is 12.1 Å². The van der Waals surface area contributed by atoms with E-state index in [1.165, 1.54) is 5.69 Å². The summed E-state index contributed by atoms with van der Waals surface area (Å²) in [5, 5.41) is 0. The van der Waals surface area contributed by atoms with Crippen molar-refractivity contribution in [1.29, 1.82) is 0 Å². The first-order chi connectivity index (χ1) is 4.84. The van der Waals surface area contributed by atoms with Crippen LogP contribution in [0.5, 0.6) is 0 Å². The second-order valence-electron chi connectivity index (χ2n) is 2.49. The Morgan fingerprint density at radius 3 is 3.00 bits per heavy atom. The van der Waals surface area contributed by atoms with Crippen molar-refractivity contribution in [2.75, 3.05) is 0 Å². The molecule has 0 aliphatic heterocycles. The average Bonchev–Trinajstić information content (AvgIpc) is 2.05. The molecule has 1 aromatic heterocycles. The SMILES string of the molecule is CCC(C)c1cc[c]cn1. The first kappa shape index (κ1) is 7.26. The van der Waals surface area contributed by atoms with Gasteiger partial charge in [-0.25, -0.2) is 0 Å². The minimum Gasteiger partial charge on any atom is -0.260 e. The van der Waals surface area contributed by atoms with E-state index in [1.54, 1.807) is 6.20 Å². The Hall–Kier alpha value is -0.850. The van der Waals surface area contributed by atoms with Gasteiger partial charge in [0.2, 0.25) is 0 Å². The molecule has 0 aliphatic rings. The lowest BCUT2D eigenvalue weighted by molar-refractivity contribution is 0.708. The van der Waals surface area contributed by atoms with E-state index in [2.05, 4.69) is 24.9 Å². The molecule has 10 heavy (non-hydrogen) atoms. The molecule has 1 radical (unpaired) electrons. The van der Waals surface area contributed by atoms with Gasteiger partial charge in [0.05, 0.1) is 0 Å². The van der Waals surface area contributed by atoms with Crippen molar-refractivity contribution in [3.8, 4) is 0 Å². The van der Waals surface area contributed by atoms with Crippen LogP contribution >= 0.6 is 0 Å². The highest BCUT2D eigenvalue weighted by Gasteiger charge is 2.00. The number of aromatic nitrogens is 1. The Balaban J connectivity index is 2.75. The third kappa shape index (κ3) is 1.56. The van der Waals surface area contributed by atoms with Gasteiger partial charge in [0.1, 0.15) is 0 Å². The maximum absolute atomic E-state index is 4.19. The summed E-state index contributed by atoms with van der Waals surface area (Å²) >= 11 is 0. The molecule has 1 heteroatoms. The Bertz CT molecular complexity index is 181. The van der Waals surface area contributed by atoms with Gasteiger partial charge in [-0.2, -0.15) is 0 Å². The molecular formula is C9H12N. The van der Waals surface area contributed by atoms with Crippen LogP contribution in [0.3, 0.4) is 0 Å². The molecule has 0 aromatic carbocycles. The summed E-state index contributed by atoms with van der Waals surface area (Å²) in [6.07, 6.45) is 2.87. The molecule has 1 atom stereocenters. The summed E-state index contributed by atoms with van der Waals surface area (Å²) in [5.41, 5.74) is 1.17. The van der Waals surface area contributed by atoms with Crippen molar-refractivity contribution >= 4 is 0 Å². The summed E-state index contributed by atoms with van der Waals surface area (Å²) in [7, 11) is 0.